The minimum atomic E-state index is -3.57. The zero-order valence-corrected chi connectivity index (χ0v) is 13.2. The molecule has 1 heterocycles. The summed E-state index contributed by atoms with van der Waals surface area (Å²) in [5.74, 6) is 0. The third-order valence-corrected chi connectivity index (χ3v) is 5.87. The minimum absolute atomic E-state index is 0.209. The summed E-state index contributed by atoms with van der Waals surface area (Å²) in [6.45, 7) is 4.20. The van der Waals surface area contributed by atoms with Crippen molar-refractivity contribution in [1.29, 1.82) is 5.26 Å². The molecule has 1 N–H and O–H groups in total. The van der Waals surface area contributed by atoms with Crippen molar-refractivity contribution in [1.82, 2.24) is 4.31 Å². The van der Waals surface area contributed by atoms with Crippen molar-refractivity contribution in [2.24, 2.45) is 0 Å². The molecule has 1 unspecified atom stereocenters. The van der Waals surface area contributed by atoms with Gasteiger partial charge in [0.25, 0.3) is 0 Å². The van der Waals surface area contributed by atoms with Gasteiger partial charge in [0.05, 0.1) is 22.1 Å². The predicted octanol–water partition coefficient (Wildman–Crippen LogP) is 1.79. The number of hydrogen-bond donors (Lipinski definition) is 1. The second-order valence-electron chi connectivity index (χ2n) is 5.84. The zero-order chi connectivity index (χ0) is 15.7. The molecule has 6 heteroatoms. The highest BCUT2D eigenvalue weighted by Gasteiger charge is 2.31. The molecule has 1 aromatic carbocycles. The first-order valence-electron chi connectivity index (χ1n) is 6.99. The lowest BCUT2D eigenvalue weighted by Crippen LogP contribution is -2.33. The van der Waals surface area contributed by atoms with E-state index in [1.54, 1.807) is 13.8 Å². The molecular weight excluding hydrogens is 288 g/mol. The fourth-order valence-corrected chi connectivity index (χ4v) is 4.12. The standard InChI is InChI=1S/C15H20N2O3S/c1-12-10-14(5-4-13(12)11-16)21(19,20)17-8-3-6-15(2,18)7-9-17/h4-5,10,18H,3,6-9H2,1-2H3. The Bertz CT molecular complexity index is 675. The zero-order valence-electron chi connectivity index (χ0n) is 12.3. The monoisotopic (exact) mass is 308 g/mol. The number of rotatable bonds is 2. The average Bonchev–Trinajstić information content (AvgIpc) is 2.60. The molecule has 0 aliphatic carbocycles. The number of benzene rings is 1. The van der Waals surface area contributed by atoms with E-state index >= 15 is 0 Å². The SMILES string of the molecule is Cc1cc(S(=O)(=O)N2CCCC(C)(O)CC2)ccc1C#N. The molecule has 0 bridgehead atoms. The quantitative estimate of drug-likeness (QED) is 0.903. The van der Waals surface area contributed by atoms with Gasteiger partial charge in [0.15, 0.2) is 0 Å². The molecule has 0 aromatic heterocycles. The van der Waals surface area contributed by atoms with Crippen LogP contribution in [0.15, 0.2) is 23.1 Å². The summed E-state index contributed by atoms with van der Waals surface area (Å²) in [7, 11) is -3.57. The lowest BCUT2D eigenvalue weighted by Gasteiger charge is -2.22. The number of hydrogen-bond acceptors (Lipinski definition) is 4. The van der Waals surface area contributed by atoms with Crippen LogP contribution in [0.5, 0.6) is 0 Å². The Kier molecular flexibility index (Phi) is 4.38. The topological polar surface area (TPSA) is 81.4 Å². The van der Waals surface area contributed by atoms with Gasteiger partial charge < -0.3 is 5.11 Å². The number of aliphatic hydroxyl groups is 1. The molecule has 1 fully saturated rings. The molecule has 114 valence electrons. The van der Waals surface area contributed by atoms with Gasteiger partial charge >= 0.3 is 0 Å². The van der Waals surface area contributed by atoms with E-state index < -0.39 is 15.6 Å². The summed E-state index contributed by atoms with van der Waals surface area (Å²) >= 11 is 0. The van der Waals surface area contributed by atoms with Crippen molar-refractivity contribution in [3.05, 3.63) is 29.3 Å². The first kappa shape index (κ1) is 16.0. The maximum atomic E-state index is 12.7. The van der Waals surface area contributed by atoms with Crippen molar-refractivity contribution in [2.45, 2.75) is 43.6 Å². The van der Waals surface area contributed by atoms with Gasteiger partial charge in [0.2, 0.25) is 10.0 Å². The van der Waals surface area contributed by atoms with E-state index in [1.807, 2.05) is 6.07 Å². The first-order chi connectivity index (χ1) is 9.76. The van der Waals surface area contributed by atoms with Gasteiger partial charge in [0, 0.05) is 13.1 Å². The molecule has 1 aliphatic heterocycles. The van der Waals surface area contributed by atoms with Crippen LogP contribution in [-0.2, 0) is 10.0 Å². The summed E-state index contributed by atoms with van der Waals surface area (Å²) < 4.78 is 26.8. The molecular formula is C15H20N2O3S. The number of nitriles is 1. The van der Waals surface area contributed by atoms with E-state index in [0.717, 1.165) is 0 Å². The average molecular weight is 308 g/mol. The van der Waals surface area contributed by atoms with Crippen LogP contribution in [0, 0.1) is 18.3 Å². The number of nitrogens with zero attached hydrogens (tertiary/aromatic N) is 2. The van der Waals surface area contributed by atoms with Gasteiger partial charge in [0.1, 0.15) is 0 Å². The number of aryl methyl sites for hydroxylation is 1. The van der Waals surface area contributed by atoms with Crippen molar-refractivity contribution in [2.75, 3.05) is 13.1 Å². The summed E-state index contributed by atoms with van der Waals surface area (Å²) in [5, 5.41) is 19.0. The molecule has 5 nitrogen and oxygen atoms in total. The highest BCUT2D eigenvalue weighted by molar-refractivity contribution is 7.89. The van der Waals surface area contributed by atoms with Crippen LogP contribution in [0.1, 0.15) is 37.3 Å². The van der Waals surface area contributed by atoms with Gasteiger partial charge in [-0.15, -0.1) is 0 Å². The largest absolute Gasteiger partial charge is 0.390 e. The summed E-state index contributed by atoms with van der Waals surface area (Å²) in [4.78, 5) is 0.209. The maximum absolute atomic E-state index is 12.7. The Hall–Kier alpha value is -1.42. The Morgan fingerprint density at radius 3 is 2.67 bits per heavy atom. The first-order valence-corrected chi connectivity index (χ1v) is 8.43. The molecule has 1 atom stereocenters. The van der Waals surface area contributed by atoms with Gasteiger partial charge in [-0.25, -0.2) is 8.42 Å². The van der Waals surface area contributed by atoms with Crippen LogP contribution < -0.4 is 0 Å². The maximum Gasteiger partial charge on any atom is 0.243 e. The van der Waals surface area contributed by atoms with E-state index in [9.17, 15) is 13.5 Å². The van der Waals surface area contributed by atoms with Gasteiger partial charge in [-0.05, 0) is 56.9 Å². The van der Waals surface area contributed by atoms with E-state index in [-0.39, 0.29) is 4.90 Å². The highest BCUT2D eigenvalue weighted by atomic mass is 32.2. The fraction of sp³-hybridized carbons (Fsp3) is 0.533. The normalized spacial score (nSPS) is 24.3. The molecule has 2 rings (SSSR count). The Balaban J connectivity index is 2.30. The number of sulfonamides is 1. The van der Waals surface area contributed by atoms with E-state index in [2.05, 4.69) is 0 Å². The van der Waals surface area contributed by atoms with Crippen LogP contribution >= 0.6 is 0 Å². The molecule has 21 heavy (non-hydrogen) atoms. The van der Waals surface area contributed by atoms with Crippen LogP contribution in [-0.4, -0.2) is 36.5 Å². The van der Waals surface area contributed by atoms with E-state index in [4.69, 9.17) is 5.26 Å². The third kappa shape index (κ3) is 3.43. The second-order valence-corrected chi connectivity index (χ2v) is 7.78. The fourth-order valence-electron chi connectivity index (χ4n) is 2.55. The smallest absolute Gasteiger partial charge is 0.243 e. The Morgan fingerprint density at radius 2 is 2.05 bits per heavy atom. The molecule has 0 amide bonds. The van der Waals surface area contributed by atoms with E-state index in [0.29, 0.717) is 43.5 Å². The van der Waals surface area contributed by atoms with Crippen molar-refractivity contribution >= 4 is 10.0 Å². The van der Waals surface area contributed by atoms with Gasteiger partial charge in [-0.3, -0.25) is 0 Å². The molecule has 0 spiro atoms. The Labute approximate surface area is 125 Å². The third-order valence-electron chi connectivity index (χ3n) is 3.98. The molecule has 0 saturated carbocycles. The highest BCUT2D eigenvalue weighted by Crippen LogP contribution is 2.26. The molecule has 0 radical (unpaired) electrons. The van der Waals surface area contributed by atoms with Gasteiger partial charge in [-0.2, -0.15) is 9.57 Å². The Morgan fingerprint density at radius 1 is 1.33 bits per heavy atom. The molecule has 1 aromatic rings. The lowest BCUT2D eigenvalue weighted by atomic mass is 9.98. The molecule has 1 saturated heterocycles. The van der Waals surface area contributed by atoms with Gasteiger partial charge in [-0.1, -0.05) is 0 Å². The van der Waals surface area contributed by atoms with Crippen molar-refractivity contribution < 1.29 is 13.5 Å². The second kappa shape index (κ2) is 5.76. The van der Waals surface area contributed by atoms with Crippen LogP contribution in [0.4, 0.5) is 0 Å². The summed E-state index contributed by atoms with van der Waals surface area (Å²) in [6, 6.07) is 6.59. The van der Waals surface area contributed by atoms with Crippen LogP contribution in [0.2, 0.25) is 0 Å². The van der Waals surface area contributed by atoms with Crippen LogP contribution in [0.3, 0.4) is 0 Å². The predicted molar refractivity (Wildman–Crippen MR) is 79.1 cm³/mol. The molecule has 1 aliphatic rings. The summed E-state index contributed by atoms with van der Waals surface area (Å²) in [5.41, 5.74) is 0.332. The minimum Gasteiger partial charge on any atom is -0.390 e. The van der Waals surface area contributed by atoms with Crippen LogP contribution in [0.25, 0.3) is 0 Å². The van der Waals surface area contributed by atoms with E-state index in [1.165, 1.54) is 22.5 Å². The lowest BCUT2D eigenvalue weighted by molar-refractivity contribution is 0.0465. The van der Waals surface area contributed by atoms with Crippen molar-refractivity contribution in [3.8, 4) is 6.07 Å². The summed E-state index contributed by atoms with van der Waals surface area (Å²) in [6.07, 6.45) is 1.68. The van der Waals surface area contributed by atoms with Crippen molar-refractivity contribution in [3.63, 3.8) is 0 Å².